The first-order valence-electron chi connectivity index (χ1n) is 5.49. The maximum absolute atomic E-state index is 11.6. The van der Waals surface area contributed by atoms with E-state index in [2.05, 4.69) is 10.3 Å². The summed E-state index contributed by atoms with van der Waals surface area (Å²) in [5.41, 5.74) is 2.77. The van der Waals surface area contributed by atoms with Crippen molar-refractivity contribution in [3.05, 3.63) is 29.8 Å². The molecule has 0 aliphatic heterocycles. The van der Waals surface area contributed by atoms with Crippen LogP contribution in [0.3, 0.4) is 0 Å². The number of thiazole rings is 1. The normalized spacial score (nSPS) is 10.4. The summed E-state index contributed by atoms with van der Waals surface area (Å²) in [6, 6.07) is 5.77. The molecule has 94 valence electrons. The van der Waals surface area contributed by atoms with Crippen LogP contribution in [0.15, 0.2) is 34.2 Å². The smallest absolute Gasteiger partial charge is 0.248 e. The van der Waals surface area contributed by atoms with Crippen LogP contribution in [-0.4, -0.2) is 17.1 Å². The summed E-state index contributed by atoms with van der Waals surface area (Å²) < 4.78 is 2.13. The Labute approximate surface area is 114 Å². The average Bonchev–Trinajstić information content (AvgIpc) is 2.69. The van der Waals surface area contributed by atoms with Crippen molar-refractivity contribution in [2.24, 2.45) is 0 Å². The zero-order valence-corrected chi connectivity index (χ0v) is 12.1. The Balaban J connectivity index is 2.24. The van der Waals surface area contributed by atoms with Gasteiger partial charge in [-0.3, -0.25) is 4.79 Å². The molecule has 0 unspecified atom stereocenters. The predicted molar refractivity (Wildman–Crippen MR) is 79.5 cm³/mol. The Morgan fingerprint density at radius 3 is 2.89 bits per heavy atom. The van der Waals surface area contributed by atoms with E-state index in [0.717, 1.165) is 25.8 Å². The van der Waals surface area contributed by atoms with Gasteiger partial charge < -0.3 is 5.32 Å². The minimum absolute atomic E-state index is 0.0936. The Bertz CT molecular complexity index is 612. The number of nitrogens with zero attached hydrogens (tertiary/aromatic N) is 1. The van der Waals surface area contributed by atoms with Gasteiger partial charge in [0.05, 0.1) is 10.2 Å². The zero-order valence-electron chi connectivity index (χ0n) is 10.5. The molecule has 0 saturated carbocycles. The van der Waals surface area contributed by atoms with E-state index in [1.165, 1.54) is 0 Å². The Morgan fingerprint density at radius 2 is 2.22 bits per heavy atom. The van der Waals surface area contributed by atoms with E-state index in [1.807, 2.05) is 38.3 Å². The van der Waals surface area contributed by atoms with Gasteiger partial charge in [0.2, 0.25) is 5.91 Å². The van der Waals surface area contributed by atoms with Crippen molar-refractivity contribution in [3.63, 3.8) is 0 Å². The van der Waals surface area contributed by atoms with E-state index >= 15 is 0 Å². The molecule has 5 heteroatoms. The third kappa shape index (κ3) is 3.11. The fourth-order valence-corrected chi connectivity index (χ4v) is 3.04. The minimum atomic E-state index is -0.0936. The van der Waals surface area contributed by atoms with Gasteiger partial charge in [0.1, 0.15) is 0 Å². The Kier molecular flexibility index (Phi) is 4.04. The van der Waals surface area contributed by atoms with E-state index in [9.17, 15) is 4.79 Å². The second kappa shape index (κ2) is 5.54. The Hall–Kier alpha value is -1.33. The van der Waals surface area contributed by atoms with Crippen LogP contribution in [-0.2, 0) is 4.79 Å². The molecule has 0 aliphatic carbocycles. The molecule has 18 heavy (non-hydrogen) atoms. The number of carbonyl (C=O) groups excluding carboxylic acids is 1. The maximum atomic E-state index is 11.6. The highest BCUT2D eigenvalue weighted by molar-refractivity contribution is 8.00. The van der Waals surface area contributed by atoms with Crippen LogP contribution in [0.4, 0.5) is 5.69 Å². The first kappa shape index (κ1) is 13.1. The summed E-state index contributed by atoms with van der Waals surface area (Å²) in [6.45, 7) is 3.80. The number of fused-ring (bicyclic) bond motifs is 1. The lowest BCUT2D eigenvalue weighted by atomic mass is 10.2. The van der Waals surface area contributed by atoms with Crippen LogP contribution in [0, 0.1) is 0 Å². The number of anilines is 1. The van der Waals surface area contributed by atoms with Gasteiger partial charge in [-0.1, -0.05) is 17.3 Å². The van der Waals surface area contributed by atoms with Crippen molar-refractivity contribution in [2.75, 3.05) is 11.6 Å². The van der Waals surface area contributed by atoms with Crippen molar-refractivity contribution < 1.29 is 4.79 Å². The molecule has 2 rings (SSSR count). The fraction of sp³-hybridized carbons (Fsp3) is 0.231. The van der Waals surface area contributed by atoms with Crippen LogP contribution in [0.2, 0.25) is 0 Å². The molecule has 0 radical (unpaired) electrons. The van der Waals surface area contributed by atoms with Gasteiger partial charge in [0.25, 0.3) is 0 Å². The number of hydrogen-bond acceptors (Lipinski definition) is 4. The van der Waals surface area contributed by atoms with E-state index in [-0.39, 0.29) is 5.91 Å². The predicted octanol–water partition coefficient (Wildman–Crippen LogP) is 3.92. The van der Waals surface area contributed by atoms with E-state index in [0.29, 0.717) is 0 Å². The van der Waals surface area contributed by atoms with Crippen molar-refractivity contribution in [3.8, 4) is 0 Å². The summed E-state index contributed by atoms with van der Waals surface area (Å²) in [4.78, 5) is 16.1. The molecular formula is C13H14N2OS2. The highest BCUT2D eigenvalue weighted by Crippen LogP contribution is 2.29. The third-order valence-electron chi connectivity index (χ3n) is 2.23. The number of aromatic nitrogens is 1. The first-order valence-corrected chi connectivity index (χ1v) is 7.53. The van der Waals surface area contributed by atoms with Crippen LogP contribution >= 0.6 is 23.1 Å². The van der Waals surface area contributed by atoms with Crippen LogP contribution in [0.1, 0.15) is 13.8 Å². The molecule has 0 bridgehead atoms. The average molecular weight is 278 g/mol. The second-order valence-electron chi connectivity index (χ2n) is 4.08. The lowest BCUT2D eigenvalue weighted by Gasteiger charge is -2.01. The van der Waals surface area contributed by atoms with Crippen LogP contribution in [0.25, 0.3) is 10.2 Å². The van der Waals surface area contributed by atoms with Gasteiger partial charge in [0.15, 0.2) is 4.34 Å². The Morgan fingerprint density at radius 1 is 1.44 bits per heavy atom. The molecule has 1 N–H and O–H groups in total. The fourth-order valence-electron chi connectivity index (χ4n) is 1.51. The number of allylic oxidation sites excluding steroid dienone is 1. The SMILES string of the molecule is CSc1nc2ccc(NC(=O)C=C(C)C)cc2s1. The quantitative estimate of drug-likeness (QED) is 0.683. The number of rotatable bonds is 3. The van der Waals surface area contributed by atoms with Crippen molar-refractivity contribution >= 4 is 44.9 Å². The highest BCUT2D eigenvalue weighted by Gasteiger charge is 2.05. The molecule has 0 atom stereocenters. The van der Waals surface area contributed by atoms with Gasteiger partial charge in [-0.15, -0.1) is 11.3 Å². The molecule has 0 fully saturated rings. The molecule has 1 aromatic heterocycles. The molecule has 1 heterocycles. The largest absolute Gasteiger partial charge is 0.322 e. The maximum Gasteiger partial charge on any atom is 0.248 e. The second-order valence-corrected chi connectivity index (χ2v) is 6.16. The zero-order chi connectivity index (χ0) is 13.1. The molecule has 0 aliphatic rings. The summed E-state index contributed by atoms with van der Waals surface area (Å²) in [6.07, 6.45) is 3.60. The van der Waals surface area contributed by atoms with E-state index in [1.54, 1.807) is 29.2 Å². The van der Waals surface area contributed by atoms with Gasteiger partial charge in [-0.05, 0) is 38.3 Å². The van der Waals surface area contributed by atoms with Gasteiger partial charge in [-0.2, -0.15) is 0 Å². The minimum Gasteiger partial charge on any atom is -0.322 e. The molecule has 1 amide bonds. The first-order chi connectivity index (χ1) is 8.58. The standard InChI is InChI=1S/C13H14N2OS2/c1-8(2)6-12(16)14-9-4-5-10-11(7-9)18-13(15-10)17-3/h4-7H,1-3H3,(H,14,16). The highest BCUT2D eigenvalue weighted by atomic mass is 32.2. The number of thioether (sulfide) groups is 1. The molecule has 1 aromatic carbocycles. The summed E-state index contributed by atoms with van der Waals surface area (Å²) in [5, 5.41) is 2.85. The van der Waals surface area contributed by atoms with Crippen LogP contribution in [0.5, 0.6) is 0 Å². The van der Waals surface area contributed by atoms with Crippen LogP contribution < -0.4 is 5.32 Å². The summed E-state index contributed by atoms with van der Waals surface area (Å²) >= 11 is 3.27. The van der Waals surface area contributed by atoms with Crippen molar-refractivity contribution in [1.29, 1.82) is 0 Å². The monoisotopic (exact) mass is 278 g/mol. The lowest BCUT2D eigenvalue weighted by Crippen LogP contribution is -2.08. The van der Waals surface area contributed by atoms with Gasteiger partial charge in [-0.25, -0.2) is 4.98 Å². The molecule has 0 spiro atoms. The van der Waals surface area contributed by atoms with Gasteiger partial charge >= 0.3 is 0 Å². The molecule has 3 nitrogen and oxygen atoms in total. The van der Waals surface area contributed by atoms with Crippen molar-refractivity contribution in [2.45, 2.75) is 18.2 Å². The van der Waals surface area contributed by atoms with E-state index in [4.69, 9.17) is 0 Å². The topological polar surface area (TPSA) is 42.0 Å². The van der Waals surface area contributed by atoms with Crippen molar-refractivity contribution in [1.82, 2.24) is 4.98 Å². The van der Waals surface area contributed by atoms with Gasteiger partial charge in [0, 0.05) is 11.8 Å². The van der Waals surface area contributed by atoms with E-state index < -0.39 is 0 Å². The number of nitrogens with one attached hydrogen (secondary N) is 1. The molecule has 2 aromatic rings. The lowest BCUT2D eigenvalue weighted by molar-refractivity contribution is -0.111. The molecular weight excluding hydrogens is 264 g/mol. The number of hydrogen-bond donors (Lipinski definition) is 1. The number of carbonyl (C=O) groups is 1. The number of amides is 1. The summed E-state index contributed by atoms with van der Waals surface area (Å²) in [7, 11) is 0. The third-order valence-corrected chi connectivity index (χ3v) is 4.23. The molecule has 0 saturated heterocycles. The number of benzene rings is 1. The summed E-state index contributed by atoms with van der Waals surface area (Å²) in [5.74, 6) is -0.0936.